The van der Waals surface area contributed by atoms with E-state index in [-0.39, 0.29) is 23.8 Å². The van der Waals surface area contributed by atoms with E-state index in [4.69, 9.17) is 4.52 Å². The molecule has 3 aromatic heterocycles. The third-order valence-electron chi connectivity index (χ3n) is 6.93. The molecule has 0 saturated carbocycles. The lowest BCUT2D eigenvalue weighted by Crippen LogP contribution is -2.54. The molecule has 5 heterocycles. The van der Waals surface area contributed by atoms with Gasteiger partial charge in [0.2, 0.25) is 0 Å². The molecule has 2 saturated heterocycles. The van der Waals surface area contributed by atoms with Gasteiger partial charge in [-0.1, -0.05) is 24.2 Å². The molecule has 2 fully saturated rings. The van der Waals surface area contributed by atoms with Crippen LogP contribution in [-0.4, -0.2) is 57.4 Å². The highest BCUT2D eigenvalue weighted by Gasteiger charge is 2.57. The molecule has 0 aromatic carbocycles. The lowest BCUT2D eigenvalue weighted by Gasteiger charge is -2.40. The van der Waals surface area contributed by atoms with Crippen LogP contribution in [0.4, 0.5) is 4.79 Å². The van der Waals surface area contributed by atoms with Gasteiger partial charge in [0.1, 0.15) is 5.76 Å². The van der Waals surface area contributed by atoms with Crippen LogP contribution in [0, 0.1) is 5.92 Å². The monoisotopic (exact) mass is 493 g/mol. The van der Waals surface area contributed by atoms with Crippen molar-refractivity contribution in [3.63, 3.8) is 0 Å². The number of nitrogens with zero attached hydrogens (tertiary/aromatic N) is 4. The number of pyridine rings is 1. The van der Waals surface area contributed by atoms with E-state index in [2.05, 4.69) is 15.5 Å². The minimum Gasteiger partial charge on any atom is -0.361 e. The highest BCUT2D eigenvalue weighted by Crippen LogP contribution is 2.41. The van der Waals surface area contributed by atoms with Crippen LogP contribution in [0.5, 0.6) is 0 Å². The van der Waals surface area contributed by atoms with E-state index in [0.717, 1.165) is 4.88 Å². The van der Waals surface area contributed by atoms with E-state index >= 15 is 0 Å². The van der Waals surface area contributed by atoms with Crippen molar-refractivity contribution < 1.29 is 18.9 Å². The summed E-state index contributed by atoms with van der Waals surface area (Å²) in [7, 11) is 0. The third-order valence-corrected chi connectivity index (χ3v) is 7.87. The molecule has 0 spiro atoms. The Morgan fingerprint density at radius 1 is 1.26 bits per heavy atom. The summed E-state index contributed by atoms with van der Waals surface area (Å²) in [5.41, 5.74) is -0.225. The molecule has 4 amide bonds. The lowest BCUT2D eigenvalue weighted by atomic mass is 9.73. The van der Waals surface area contributed by atoms with Crippen molar-refractivity contribution in [2.45, 2.75) is 38.1 Å². The van der Waals surface area contributed by atoms with Gasteiger partial charge in [0, 0.05) is 55.0 Å². The average Bonchev–Trinajstić information content (AvgIpc) is 3.64. The summed E-state index contributed by atoms with van der Waals surface area (Å²) in [6, 6.07) is 8.87. The molecule has 5 rings (SSSR count). The fourth-order valence-corrected chi connectivity index (χ4v) is 5.73. The van der Waals surface area contributed by atoms with Crippen LogP contribution in [0.1, 0.15) is 46.5 Å². The number of piperidine rings is 1. The number of imide groups is 1. The van der Waals surface area contributed by atoms with Crippen LogP contribution >= 0.6 is 11.3 Å². The van der Waals surface area contributed by atoms with Gasteiger partial charge in [-0.3, -0.25) is 19.5 Å². The molecule has 2 aliphatic rings. The van der Waals surface area contributed by atoms with Crippen LogP contribution in [0.3, 0.4) is 0 Å². The maximum absolute atomic E-state index is 13.9. The van der Waals surface area contributed by atoms with Gasteiger partial charge in [0.15, 0.2) is 11.2 Å². The number of nitrogens with one attached hydrogen (secondary N) is 1. The van der Waals surface area contributed by atoms with Gasteiger partial charge in [-0.2, -0.15) is 0 Å². The number of urea groups is 1. The van der Waals surface area contributed by atoms with Gasteiger partial charge in [-0.25, -0.2) is 4.79 Å². The summed E-state index contributed by atoms with van der Waals surface area (Å²) in [4.78, 5) is 48.3. The normalized spacial score (nSPS) is 20.9. The van der Waals surface area contributed by atoms with Gasteiger partial charge < -0.3 is 14.7 Å². The van der Waals surface area contributed by atoms with E-state index in [9.17, 15) is 14.4 Å². The Morgan fingerprint density at radius 2 is 2.09 bits per heavy atom. The first kappa shape index (κ1) is 23.2. The Balaban J connectivity index is 1.36. The number of rotatable bonds is 7. The van der Waals surface area contributed by atoms with Crippen LogP contribution in [-0.2, 0) is 23.2 Å². The van der Waals surface area contributed by atoms with Gasteiger partial charge >= 0.3 is 6.03 Å². The molecule has 10 heteroatoms. The van der Waals surface area contributed by atoms with Crippen LogP contribution < -0.4 is 5.32 Å². The third kappa shape index (κ3) is 4.22. The quantitative estimate of drug-likeness (QED) is 0.506. The number of hydrogen-bond acceptors (Lipinski definition) is 7. The molecular weight excluding hydrogens is 466 g/mol. The number of aryl methyl sites for hydroxylation is 1. The van der Waals surface area contributed by atoms with Crippen LogP contribution in [0.2, 0.25) is 0 Å². The number of carbonyl (C=O) groups excluding carboxylic acids is 3. The molecule has 0 bridgehead atoms. The van der Waals surface area contributed by atoms with Gasteiger partial charge in [0.05, 0.1) is 0 Å². The molecule has 2 aliphatic heterocycles. The van der Waals surface area contributed by atoms with Gasteiger partial charge in [-0.05, 0) is 42.7 Å². The number of aromatic nitrogens is 2. The van der Waals surface area contributed by atoms with Gasteiger partial charge in [0.25, 0.3) is 11.8 Å². The summed E-state index contributed by atoms with van der Waals surface area (Å²) >= 11 is 1.61. The Hall–Kier alpha value is -3.53. The smallest absolute Gasteiger partial charge is 0.325 e. The number of thiophene rings is 1. The van der Waals surface area contributed by atoms with Gasteiger partial charge in [-0.15, -0.1) is 11.3 Å². The van der Waals surface area contributed by atoms with Crippen molar-refractivity contribution in [3.05, 3.63) is 70.0 Å². The second kappa shape index (κ2) is 9.61. The molecule has 1 atom stereocenters. The molecule has 0 radical (unpaired) electrons. The minimum atomic E-state index is -1.20. The van der Waals surface area contributed by atoms with E-state index in [0.29, 0.717) is 62.3 Å². The Morgan fingerprint density at radius 3 is 2.74 bits per heavy atom. The van der Waals surface area contributed by atoms with Crippen molar-refractivity contribution in [1.82, 2.24) is 25.3 Å². The maximum Gasteiger partial charge on any atom is 0.325 e. The summed E-state index contributed by atoms with van der Waals surface area (Å²) in [5, 5.41) is 8.93. The fraction of sp³-hybridized carbons (Fsp3) is 0.400. The van der Waals surface area contributed by atoms with E-state index < -0.39 is 5.54 Å². The second-order valence-electron chi connectivity index (χ2n) is 8.86. The molecule has 9 nitrogen and oxygen atoms in total. The zero-order valence-corrected chi connectivity index (χ0v) is 20.3. The summed E-state index contributed by atoms with van der Waals surface area (Å²) in [6.45, 7) is 3.17. The number of carbonyl (C=O) groups is 3. The van der Waals surface area contributed by atoms with Crippen molar-refractivity contribution >= 4 is 29.2 Å². The lowest BCUT2D eigenvalue weighted by molar-refractivity contribution is -0.134. The number of amides is 4. The van der Waals surface area contributed by atoms with Crippen molar-refractivity contribution in [1.29, 1.82) is 0 Å². The Kier molecular flexibility index (Phi) is 6.38. The maximum atomic E-state index is 13.9. The Bertz CT molecular complexity index is 1200. The molecule has 3 aromatic rings. The summed E-state index contributed by atoms with van der Waals surface area (Å²) < 4.78 is 5.19. The first-order valence-corrected chi connectivity index (χ1v) is 12.7. The molecule has 0 aliphatic carbocycles. The van der Waals surface area contributed by atoms with Crippen molar-refractivity contribution in [3.8, 4) is 0 Å². The number of hydrogen-bond donors (Lipinski definition) is 1. The molecule has 35 heavy (non-hydrogen) atoms. The topological polar surface area (TPSA) is 109 Å². The molecule has 182 valence electrons. The second-order valence-corrected chi connectivity index (χ2v) is 9.90. The largest absolute Gasteiger partial charge is 0.361 e. The zero-order valence-electron chi connectivity index (χ0n) is 19.5. The standard InChI is InChI=1S/C25H27N5O4S/c1-2-19-15-21(28-34-19)22(31)29-11-7-17(8-12-29)25(18-5-3-10-26-16-18)23(32)30(24(33)27-25)13-9-20-6-4-14-35-20/h3-6,10,14-17H,2,7-9,11-13H2,1H3,(H,27,33)/t25-/m0/s1. The highest BCUT2D eigenvalue weighted by molar-refractivity contribution is 7.09. The van der Waals surface area contributed by atoms with E-state index in [1.165, 1.54) is 4.90 Å². The zero-order chi connectivity index (χ0) is 24.4. The van der Waals surface area contributed by atoms with E-state index in [1.807, 2.05) is 30.5 Å². The SMILES string of the molecule is CCc1cc(C(=O)N2CCC([C@@]3(c4cccnc4)NC(=O)N(CCc4cccs4)C3=O)CC2)no1. The predicted octanol–water partition coefficient (Wildman–Crippen LogP) is 3.24. The van der Waals surface area contributed by atoms with Crippen LogP contribution in [0.15, 0.2) is 52.6 Å². The molecule has 0 unspecified atom stereocenters. The summed E-state index contributed by atoms with van der Waals surface area (Å²) in [5.74, 6) is 0.0609. The predicted molar refractivity (Wildman–Crippen MR) is 129 cm³/mol. The first-order chi connectivity index (χ1) is 17.0. The van der Waals surface area contributed by atoms with Crippen molar-refractivity contribution in [2.24, 2.45) is 5.92 Å². The minimum absolute atomic E-state index is 0.178. The van der Waals surface area contributed by atoms with Crippen molar-refractivity contribution in [2.75, 3.05) is 19.6 Å². The summed E-state index contributed by atoms with van der Waals surface area (Å²) in [6.07, 6.45) is 5.70. The molecular formula is C25H27N5O4S. The highest BCUT2D eigenvalue weighted by atomic mass is 32.1. The number of likely N-dealkylation sites (tertiary alicyclic amines) is 1. The first-order valence-electron chi connectivity index (χ1n) is 11.8. The van der Waals surface area contributed by atoms with E-state index in [1.54, 1.807) is 40.8 Å². The van der Waals surface area contributed by atoms with Crippen LogP contribution in [0.25, 0.3) is 0 Å². The Labute approximate surface area is 207 Å². The fourth-order valence-electron chi connectivity index (χ4n) is 5.04. The average molecular weight is 494 g/mol. The molecule has 1 N–H and O–H groups in total.